The van der Waals surface area contributed by atoms with E-state index < -0.39 is 0 Å². The van der Waals surface area contributed by atoms with Gasteiger partial charge in [0.05, 0.1) is 31.1 Å². The molecule has 0 aliphatic carbocycles. The largest absolute Gasteiger partial charge is 0.495 e. The summed E-state index contributed by atoms with van der Waals surface area (Å²) in [4.78, 5) is 26.8. The summed E-state index contributed by atoms with van der Waals surface area (Å²) >= 11 is 1.35. The highest BCUT2D eigenvalue weighted by Crippen LogP contribution is 2.33. The first-order chi connectivity index (χ1) is 17.0. The van der Waals surface area contributed by atoms with E-state index in [2.05, 4.69) is 10.2 Å². The molecule has 0 atom stereocenters. The Morgan fingerprint density at radius 3 is 2.46 bits per heavy atom. The molecule has 0 unspecified atom stereocenters. The van der Waals surface area contributed by atoms with E-state index >= 15 is 0 Å². The second-order valence-corrected chi connectivity index (χ2v) is 9.32. The highest BCUT2D eigenvalue weighted by molar-refractivity contribution is 7.99. The molecule has 4 rings (SSSR count). The van der Waals surface area contributed by atoms with Crippen LogP contribution >= 0.6 is 11.8 Å². The molecular formula is C26H30N4O4S. The summed E-state index contributed by atoms with van der Waals surface area (Å²) < 4.78 is 12.7. The number of carbonyl (C=O) groups is 2. The molecule has 8 nitrogen and oxygen atoms in total. The molecule has 0 N–H and O–H groups in total. The van der Waals surface area contributed by atoms with Gasteiger partial charge in [0.25, 0.3) is 0 Å². The number of ether oxygens (including phenoxy) is 2. The van der Waals surface area contributed by atoms with Crippen molar-refractivity contribution in [1.29, 1.82) is 0 Å². The van der Waals surface area contributed by atoms with E-state index in [1.807, 2.05) is 71.8 Å². The molecular weight excluding hydrogens is 464 g/mol. The zero-order chi connectivity index (χ0) is 24.8. The van der Waals surface area contributed by atoms with Gasteiger partial charge >= 0.3 is 5.97 Å². The zero-order valence-corrected chi connectivity index (χ0v) is 21.1. The maximum Gasteiger partial charge on any atom is 0.309 e. The number of aromatic nitrogens is 3. The number of likely N-dealkylation sites (tertiary alicyclic amines) is 1. The smallest absolute Gasteiger partial charge is 0.309 e. The number of piperidine rings is 1. The number of methoxy groups -OCH3 is 1. The molecule has 0 spiro atoms. The van der Waals surface area contributed by atoms with E-state index in [-0.39, 0.29) is 23.5 Å². The minimum absolute atomic E-state index is 0.0174. The fourth-order valence-corrected chi connectivity index (χ4v) is 4.97. The molecule has 1 amide bonds. The molecule has 2 heterocycles. The Labute approximate surface area is 209 Å². The van der Waals surface area contributed by atoms with Crippen molar-refractivity contribution in [2.24, 2.45) is 5.92 Å². The molecule has 0 radical (unpaired) electrons. The van der Waals surface area contributed by atoms with Gasteiger partial charge in [0.2, 0.25) is 5.91 Å². The molecule has 1 saturated heterocycles. The Hall–Kier alpha value is -3.33. The third kappa shape index (κ3) is 5.67. The Morgan fingerprint density at radius 2 is 1.77 bits per heavy atom. The van der Waals surface area contributed by atoms with Gasteiger partial charge in [-0.2, -0.15) is 0 Å². The third-order valence-corrected chi connectivity index (χ3v) is 6.98. The highest BCUT2D eigenvalue weighted by atomic mass is 32.2. The van der Waals surface area contributed by atoms with Gasteiger partial charge < -0.3 is 14.4 Å². The van der Waals surface area contributed by atoms with Crippen LogP contribution in [-0.4, -0.2) is 64.1 Å². The van der Waals surface area contributed by atoms with E-state index in [9.17, 15) is 9.59 Å². The Morgan fingerprint density at radius 1 is 1.06 bits per heavy atom. The number of para-hydroxylation sites is 2. The molecule has 0 saturated carbocycles. The summed E-state index contributed by atoms with van der Waals surface area (Å²) in [5, 5.41) is 9.50. The topological polar surface area (TPSA) is 86.5 Å². The van der Waals surface area contributed by atoms with Crippen LogP contribution in [0.25, 0.3) is 17.1 Å². The van der Waals surface area contributed by atoms with Gasteiger partial charge in [-0.25, -0.2) is 0 Å². The SMILES string of the molecule is CCOC(=O)C1CCN(C(=O)CSc2nnc(-c3ccc(C)cc3)n2-c2ccccc2OC)CC1. The van der Waals surface area contributed by atoms with Crippen LogP contribution in [0.1, 0.15) is 25.3 Å². The lowest BCUT2D eigenvalue weighted by atomic mass is 9.97. The lowest BCUT2D eigenvalue weighted by Gasteiger charge is -2.30. The molecule has 1 aliphatic heterocycles. The second kappa shape index (κ2) is 11.4. The predicted octanol–water partition coefficient (Wildman–Crippen LogP) is 4.15. The lowest BCUT2D eigenvalue weighted by molar-refractivity contribution is -0.151. The molecule has 1 fully saturated rings. The molecule has 0 bridgehead atoms. The molecule has 35 heavy (non-hydrogen) atoms. The van der Waals surface area contributed by atoms with E-state index in [4.69, 9.17) is 9.47 Å². The Kier molecular flexibility index (Phi) is 8.07. The summed E-state index contributed by atoms with van der Waals surface area (Å²) in [5.74, 6) is 1.32. The lowest BCUT2D eigenvalue weighted by Crippen LogP contribution is -2.41. The number of nitrogens with zero attached hydrogens (tertiary/aromatic N) is 4. The molecule has 3 aromatic rings. The van der Waals surface area contributed by atoms with Crippen molar-refractivity contribution in [1.82, 2.24) is 19.7 Å². The number of hydrogen-bond donors (Lipinski definition) is 0. The number of carbonyl (C=O) groups excluding carboxylic acids is 2. The summed E-state index contributed by atoms with van der Waals surface area (Å²) in [7, 11) is 1.63. The minimum Gasteiger partial charge on any atom is -0.495 e. The number of hydrogen-bond acceptors (Lipinski definition) is 7. The Balaban J connectivity index is 1.53. The van der Waals surface area contributed by atoms with Crippen LogP contribution in [0.5, 0.6) is 5.75 Å². The van der Waals surface area contributed by atoms with Crippen LogP contribution in [0.15, 0.2) is 53.7 Å². The predicted molar refractivity (Wildman–Crippen MR) is 135 cm³/mol. The molecule has 1 aromatic heterocycles. The van der Waals surface area contributed by atoms with Gasteiger partial charge in [0.15, 0.2) is 11.0 Å². The summed E-state index contributed by atoms with van der Waals surface area (Å²) in [5.41, 5.74) is 2.89. The van der Waals surface area contributed by atoms with Crippen molar-refractivity contribution in [2.45, 2.75) is 31.8 Å². The van der Waals surface area contributed by atoms with Gasteiger partial charge in [0, 0.05) is 18.7 Å². The summed E-state index contributed by atoms with van der Waals surface area (Å²) in [6, 6.07) is 15.8. The van der Waals surface area contributed by atoms with Crippen LogP contribution in [-0.2, 0) is 14.3 Å². The highest BCUT2D eigenvalue weighted by Gasteiger charge is 2.28. The first-order valence-electron chi connectivity index (χ1n) is 11.7. The fourth-order valence-electron chi connectivity index (χ4n) is 4.13. The first kappa shape index (κ1) is 24.8. The van der Waals surface area contributed by atoms with Crippen LogP contribution in [0, 0.1) is 12.8 Å². The number of rotatable bonds is 8. The fraction of sp³-hybridized carbons (Fsp3) is 0.385. The van der Waals surface area contributed by atoms with E-state index in [1.54, 1.807) is 7.11 Å². The number of amides is 1. The normalized spacial score (nSPS) is 14.1. The Bertz CT molecular complexity index is 1170. The second-order valence-electron chi connectivity index (χ2n) is 8.38. The van der Waals surface area contributed by atoms with Gasteiger partial charge in [-0.05, 0) is 38.8 Å². The number of esters is 1. The van der Waals surface area contributed by atoms with Crippen molar-refractivity contribution >= 4 is 23.6 Å². The van der Waals surface area contributed by atoms with Crippen molar-refractivity contribution in [3.05, 3.63) is 54.1 Å². The molecule has 2 aromatic carbocycles. The van der Waals surface area contributed by atoms with Crippen molar-refractivity contribution in [3.8, 4) is 22.8 Å². The number of aryl methyl sites for hydroxylation is 1. The average molecular weight is 495 g/mol. The van der Waals surface area contributed by atoms with Crippen LogP contribution in [0.3, 0.4) is 0 Å². The monoisotopic (exact) mass is 494 g/mol. The van der Waals surface area contributed by atoms with E-state index in [0.717, 1.165) is 16.8 Å². The quantitative estimate of drug-likeness (QED) is 0.344. The van der Waals surface area contributed by atoms with Gasteiger partial charge in [0.1, 0.15) is 5.75 Å². The molecule has 9 heteroatoms. The van der Waals surface area contributed by atoms with Crippen molar-refractivity contribution in [2.75, 3.05) is 32.6 Å². The maximum atomic E-state index is 13.0. The van der Waals surface area contributed by atoms with Gasteiger partial charge in [-0.1, -0.05) is 53.7 Å². The maximum absolute atomic E-state index is 13.0. The standard InChI is InChI=1S/C26H30N4O4S/c1-4-34-25(32)20-13-15-29(16-14-20)23(31)17-35-26-28-27-24(19-11-9-18(2)10-12-19)30(26)21-7-5-6-8-22(21)33-3/h5-12,20H,4,13-17H2,1-3H3. The van der Waals surface area contributed by atoms with Crippen LogP contribution in [0.2, 0.25) is 0 Å². The van der Waals surface area contributed by atoms with Crippen LogP contribution < -0.4 is 4.74 Å². The summed E-state index contributed by atoms with van der Waals surface area (Å²) in [6.45, 7) is 5.33. The molecule has 1 aliphatic rings. The van der Waals surface area contributed by atoms with E-state index in [1.165, 1.54) is 11.8 Å². The minimum atomic E-state index is -0.164. The number of thioether (sulfide) groups is 1. The first-order valence-corrected chi connectivity index (χ1v) is 12.7. The third-order valence-electron chi connectivity index (χ3n) is 6.06. The van der Waals surface area contributed by atoms with Crippen molar-refractivity contribution < 1.29 is 19.1 Å². The van der Waals surface area contributed by atoms with Crippen LogP contribution in [0.4, 0.5) is 0 Å². The zero-order valence-electron chi connectivity index (χ0n) is 20.3. The molecule has 184 valence electrons. The van der Waals surface area contributed by atoms with E-state index in [0.29, 0.717) is 49.3 Å². The van der Waals surface area contributed by atoms with Gasteiger partial charge in [-0.3, -0.25) is 14.2 Å². The summed E-state index contributed by atoms with van der Waals surface area (Å²) in [6.07, 6.45) is 1.26. The average Bonchev–Trinajstić information content (AvgIpc) is 3.31. The van der Waals surface area contributed by atoms with Gasteiger partial charge in [-0.15, -0.1) is 10.2 Å². The van der Waals surface area contributed by atoms with Crippen molar-refractivity contribution in [3.63, 3.8) is 0 Å². The number of benzene rings is 2.